The summed E-state index contributed by atoms with van der Waals surface area (Å²) in [7, 11) is 0. The quantitative estimate of drug-likeness (QED) is 0.870. The molecule has 0 aliphatic carbocycles. The van der Waals surface area contributed by atoms with Gasteiger partial charge in [-0.1, -0.05) is 23.2 Å². The van der Waals surface area contributed by atoms with Gasteiger partial charge in [-0.05, 0) is 55.3 Å². The number of nitrogens with two attached hydrogens (primary N) is 1. The van der Waals surface area contributed by atoms with E-state index in [0.717, 1.165) is 5.56 Å². The Hall–Kier alpha value is -1.29. The minimum absolute atomic E-state index is 0.0197. The molecular formula is C16H16Cl2FNO. The first-order valence-corrected chi connectivity index (χ1v) is 7.32. The molecule has 5 heteroatoms. The molecule has 0 saturated carbocycles. The number of benzene rings is 2. The average Bonchev–Trinajstić information content (AvgIpc) is 2.41. The van der Waals surface area contributed by atoms with Gasteiger partial charge < -0.3 is 10.5 Å². The van der Waals surface area contributed by atoms with E-state index in [9.17, 15) is 4.39 Å². The summed E-state index contributed by atoms with van der Waals surface area (Å²) in [6.07, 6.45) is 0.633. The van der Waals surface area contributed by atoms with Crippen LogP contribution in [0.15, 0.2) is 36.4 Å². The zero-order valence-corrected chi connectivity index (χ0v) is 13.1. The highest BCUT2D eigenvalue weighted by Gasteiger charge is 2.09. The third-order valence-corrected chi connectivity index (χ3v) is 3.43. The fourth-order valence-corrected chi connectivity index (χ4v) is 2.39. The maximum absolute atomic E-state index is 13.7. The first kappa shape index (κ1) is 16.1. The third-order valence-electron chi connectivity index (χ3n) is 2.96. The van der Waals surface area contributed by atoms with Crippen molar-refractivity contribution in [2.75, 3.05) is 0 Å². The molecule has 1 unspecified atom stereocenters. The molecule has 0 amide bonds. The molecule has 0 bridgehead atoms. The number of hydrogen-bond acceptors (Lipinski definition) is 2. The molecule has 0 spiro atoms. The molecule has 112 valence electrons. The largest absolute Gasteiger partial charge is 0.489 e. The van der Waals surface area contributed by atoms with Gasteiger partial charge in [-0.25, -0.2) is 4.39 Å². The Morgan fingerprint density at radius 3 is 2.38 bits per heavy atom. The minimum atomic E-state index is -0.345. The predicted octanol–water partition coefficient (Wildman–Crippen LogP) is 4.60. The van der Waals surface area contributed by atoms with Crippen LogP contribution in [-0.4, -0.2) is 6.04 Å². The van der Waals surface area contributed by atoms with Gasteiger partial charge >= 0.3 is 0 Å². The first-order chi connectivity index (χ1) is 9.95. The second-order valence-electron chi connectivity index (χ2n) is 4.96. The van der Waals surface area contributed by atoms with Crippen LogP contribution in [0.1, 0.15) is 18.1 Å². The van der Waals surface area contributed by atoms with E-state index in [1.165, 1.54) is 12.1 Å². The van der Waals surface area contributed by atoms with E-state index in [2.05, 4.69) is 0 Å². The van der Waals surface area contributed by atoms with Crippen LogP contribution in [0.5, 0.6) is 5.75 Å². The Labute approximate surface area is 133 Å². The molecule has 0 aliphatic rings. The van der Waals surface area contributed by atoms with E-state index in [-0.39, 0.29) is 18.5 Å². The summed E-state index contributed by atoms with van der Waals surface area (Å²) >= 11 is 11.9. The van der Waals surface area contributed by atoms with Gasteiger partial charge in [0, 0.05) is 21.7 Å². The first-order valence-electron chi connectivity index (χ1n) is 6.56. The number of hydrogen-bond donors (Lipinski definition) is 1. The molecule has 2 aromatic rings. The lowest BCUT2D eigenvalue weighted by atomic mass is 10.1. The lowest BCUT2D eigenvalue weighted by Crippen LogP contribution is -2.18. The molecule has 0 fully saturated rings. The van der Waals surface area contributed by atoms with Gasteiger partial charge in [0.2, 0.25) is 0 Å². The van der Waals surface area contributed by atoms with Gasteiger partial charge in [-0.3, -0.25) is 0 Å². The molecule has 2 aromatic carbocycles. The molecule has 0 aromatic heterocycles. The maximum atomic E-state index is 13.7. The zero-order chi connectivity index (χ0) is 15.4. The standard InChI is InChI=1S/C16H16Cl2FNO/c1-10(20)6-11-7-14(18)3-5-16(11)21-9-12-8-13(17)2-4-15(12)19/h2-5,7-8,10H,6,9,20H2,1H3. The summed E-state index contributed by atoms with van der Waals surface area (Å²) in [6.45, 7) is 2.00. The monoisotopic (exact) mass is 327 g/mol. The van der Waals surface area contributed by atoms with Crippen molar-refractivity contribution in [3.63, 3.8) is 0 Å². The Morgan fingerprint density at radius 1 is 1.10 bits per heavy atom. The van der Waals surface area contributed by atoms with Crippen molar-refractivity contribution in [1.29, 1.82) is 0 Å². The van der Waals surface area contributed by atoms with Crippen molar-refractivity contribution in [3.05, 3.63) is 63.4 Å². The number of rotatable bonds is 5. The second-order valence-corrected chi connectivity index (χ2v) is 5.83. The minimum Gasteiger partial charge on any atom is -0.489 e. The van der Waals surface area contributed by atoms with Gasteiger partial charge in [-0.15, -0.1) is 0 Å². The molecule has 21 heavy (non-hydrogen) atoms. The highest BCUT2D eigenvalue weighted by atomic mass is 35.5. The van der Waals surface area contributed by atoms with Crippen molar-refractivity contribution in [1.82, 2.24) is 0 Å². The number of halogens is 3. The van der Waals surface area contributed by atoms with E-state index in [4.69, 9.17) is 33.7 Å². The fraction of sp³-hybridized carbons (Fsp3) is 0.250. The van der Waals surface area contributed by atoms with Gasteiger partial charge in [0.25, 0.3) is 0 Å². The Bertz CT molecular complexity index is 632. The molecule has 0 radical (unpaired) electrons. The van der Waals surface area contributed by atoms with Crippen LogP contribution in [0.25, 0.3) is 0 Å². The van der Waals surface area contributed by atoms with Crippen molar-refractivity contribution in [3.8, 4) is 5.75 Å². The summed E-state index contributed by atoms with van der Waals surface area (Å²) in [6, 6.07) is 9.68. The normalized spacial score (nSPS) is 12.2. The van der Waals surface area contributed by atoms with Gasteiger partial charge in [0.15, 0.2) is 0 Å². The third kappa shape index (κ3) is 4.60. The smallest absolute Gasteiger partial charge is 0.129 e. The fourth-order valence-electron chi connectivity index (χ4n) is 2.00. The van der Waals surface area contributed by atoms with Crippen molar-refractivity contribution in [2.45, 2.75) is 26.0 Å². The van der Waals surface area contributed by atoms with Gasteiger partial charge in [-0.2, -0.15) is 0 Å². The maximum Gasteiger partial charge on any atom is 0.129 e. The van der Waals surface area contributed by atoms with Crippen LogP contribution in [0, 0.1) is 5.82 Å². The molecule has 1 atom stereocenters. The zero-order valence-electron chi connectivity index (χ0n) is 11.6. The highest BCUT2D eigenvalue weighted by Crippen LogP contribution is 2.25. The summed E-state index contributed by atoms with van der Waals surface area (Å²) in [4.78, 5) is 0. The topological polar surface area (TPSA) is 35.2 Å². The van der Waals surface area contributed by atoms with E-state index in [0.29, 0.717) is 27.8 Å². The van der Waals surface area contributed by atoms with Gasteiger partial charge in [0.05, 0.1) is 0 Å². The van der Waals surface area contributed by atoms with Crippen molar-refractivity contribution in [2.24, 2.45) is 5.73 Å². The molecule has 0 heterocycles. The highest BCUT2D eigenvalue weighted by molar-refractivity contribution is 6.30. The van der Waals surface area contributed by atoms with Crippen LogP contribution in [0.4, 0.5) is 4.39 Å². The lowest BCUT2D eigenvalue weighted by molar-refractivity contribution is 0.296. The second kappa shape index (κ2) is 7.12. The van der Waals surface area contributed by atoms with Crippen LogP contribution in [0.3, 0.4) is 0 Å². The van der Waals surface area contributed by atoms with E-state index >= 15 is 0 Å². The molecule has 2 nitrogen and oxygen atoms in total. The molecule has 2 rings (SSSR count). The van der Waals surface area contributed by atoms with Crippen LogP contribution in [-0.2, 0) is 13.0 Å². The van der Waals surface area contributed by atoms with Crippen LogP contribution < -0.4 is 10.5 Å². The number of ether oxygens (including phenoxy) is 1. The van der Waals surface area contributed by atoms with E-state index < -0.39 is 0 Å². The average molecular weight is 328 g/mol. The summed E-state index contributed by atoms with van der Waals surface area (Å²) in [5.74, 6) is 0.304. The van der Waals surface area contributed by atoms with Crippen molar-refractivity contribution >= 4 is 23.2 Å². The molecular weight excluding hydrogens is 312 g/mol. The predicted molar refractivity (Wildman–Crippen MR) is 84.5 cm³/mol. The Kier molecular flexibility index (Phi) is 5.45. The Balaban J connectivity index is 2.17. The van der Waals surface area contributed by atoms with Gasteiger partial charge in [0.1, 0.15) is 18.2 Å². The van der Waals surface area contributed by atoms with Crippen LogP contribution in [0.2, 0.25) is 10.0 Å². The molecule has 0 saturated heterocycles. The summed E-state index contributed by atoms with van der Waals surface area (Å²) < 4.78 is 19.4. The summed E-state index contributed by atoms with van der Waals surface area (Å²) in [5.41, 5.74) is 7.13. The van der Waals surface area contributed by atoms with Crippen LogP contribution >= 0.6 is 23.2 Å². The Morgan fingerprint density at radius 2 is 1.71 bits per heavy atom. The van der Waals surface area contributed by atoms with E-state index in [1.54, 1.807) is 18.2 Å². The SMILES string of the molecule is CC(N)Cc1cc(Cl)ccc1OCc1cc(Cl)ccc1F. The van der Waals surface area contributed by atoms with Crippen molar-refractivity contribution < 1.29 is 9.13 Å². The lowest BCUT2D eigenvalue weighted by Gasteiger charge is -2.14. The van der Waals surface area contributed by atoms with E-state index in [1.807, 2.05) is 13.0 Å². The summed E-state index contributed by atoms with van der Waals surface area (Å²) in [5, 5.41) is 1.09. The molecule has 2 N–H and O–H groups in total. The molecule has 0 aliphatic heterocycles.